The van der Waals surface area contributed by atoms with Crippen LogP contribution in [0.1, 0.15) is 22.8 Å². The smallest absolute Gasteiger partial charge is 0.337 e. The van der Waals surface area contributed by atoms with Crippen molar-refractivity contribution in [1.82, 2.24) is 0 Å². The lowest BCUT2D eigenvalue weighted by atomic mass is 10.1. The Hall–Kier alpha value is -1.60. The van der Waals surface area contributed by atoms with Crippen LogP contribution < -0.4 is 4.31 Å². The minimum Gasteiger partial charge on any atom is -0.465 e. The van der Waals surface area contributed by atoms with Gasteiger partial charge in [-0.05, 0) is 37.1 Å². The van der Waals surface area contributed by atoms with Gasteiger partial charge >= 0.3 is 5.97 Å². The summed E-state index contributed by atoms with van der Waals surface area (Å²) in [4.78, 5) is 11.5. The number of sulfonamides is 1. The van der Waals surface area contributed by atoms with Crippen LogP contribution in [0, 0.1) is 0 Å². The van der Waals surface area contributed by atoms with Crippen molar-refractivity contribution in [3.05, 3.63) is 29.3 Å². The zero-order chi connectivity index (χ0) is 15.6. The molecule has 0 amide bonds. The monoisotopic (exact) mass is 313 g/mol. The summed E-state index contributed by atoms with van der Waals surface area (Å²) < 4.78 is 35.9. The van der Waals surface area contributed by atoms with Crippen LogP contribution in [0.4, 0.5) is 5.69 Å². The van der Waals surface area contributed by atoms with Crippen LogP contribution in [-0.2, 0) is 25.9 Å². The number of ether oxygens (including phenoxy) is 2. The van der Waals surface area contributed by atoms with Crippen molar-refractivity contribution in [2.24, 2.45) is 0 Å². The van der Waals surface area contributed by atoms with E-state index in [1.807, 2.05) is 0 Å². The number of fused-ring (bicyclic) bond motifs is 1. The van der Waals surface area contributed by atoms with E-state index < -0.39 is 16.0 Å². The summed E-state index contributed by atoms with van der Waals surface area (Å²) in [6, 6.07) is 4.93. The van der Waals surface area contributed by atoms with E-state index in [4.69, 9.17) is 4.74 Å². The van der Waals surface area contributed by atoms with Crippen molar-refractivity contribution in [2.45, 2.75) is 19.4 Å². The van der Waals surface area contributed by atoms with E-state index in [-0.39, 0.29) is 11.9 Å². The largest absolute Gasteiger partial charge is 0.465 e. The van der Waals surface area contributed by atoms with E-state index in [0.29, 0.717) is 24.2 Å². The first-order valence-corrected chi connectivity index (χ1v) is 8.24. The maximum Gasteiger partial charge on any atom is 0.337 e. The summed E-state index contributed by atoms with van der Waals surface area (Å²) >= 11 is 0. The molecule has 1 aliphatic heterocycles. The number of hydrogen-bond acceptors (Lipinski definition) is 5. The molecular formula is C14H19NO5S. The number of benzene rings is 1. The number of nitrogens with zero attached hydrogens (tertiary/aromatic N) is 1. The second-order valence-electron chi connectivity index (χ2n) is 4.98. The van der Waals surface area contributed by atoms with Gasteiger partial charge in [0.25, 0.3) is 0 Å². The number of rotatable bonds is 5. The Labute approximate surface area is 124 Å². The van der Waals surface area contributed by atoms with Crippen molar-refractivity contribution in [3.8, 4) is 0 Å². The minimum atomic E-state index is -3.43. The third-order valence-corrected chi connectivity index (χ3v) is 5.48. The van der Waals surface area contributed by atoms with Gasteiger partial charge in [-0.3, -0.25) is 4.31 Å². The van der Waals surface area contributed by atoms with E-state index >= 15 is 0 Å². The quantitative estimate of drug-likeness (QED) is 0.764. The molecule has 1 atom stereocenters. The summed E-state index contributed by atoms with van der Waals surface area (Å²) in [6.07, 6.45) is 0.217. The van der Waals surface area contributed by atoms with Crippen LogP contribution in [0.3, 0.4) is 0 Å². The zero-order valence-corrected chi connectivity index (χ0v) is 13.1. The van der Waals surface area contributed by atoms with Gasteiger partial charge in [-0.25, -0.2) is 13.2 Å². The Morgan fingerprint density at radius 1 is 1.38 bits per heavy atom. The van der Waals surface area contributed by atoms with Crippen LogP contribution >= 0.6 is 0 Å². The van der Waals surface area contributed by atoms with Crippen molar-refractivity contribution in [1.29, 1.82) is 0 Å². The van der Waals surface area contributed by atoms with Gasteiger partial charge in [0, 0.05) is 13.7 Å². The van der Waals surface area contributed by atoms with E-state index in [2.05, 4.69) is 4.74 Å². The number of hydrogen-bond donors (Lipinski definition) is 0. The number of anilines is 1. The van der Waals surface area contributed by atoms with E-state index in [9.17, 15) is 13.2 Å². The molecule has 0 fully saturated rings. The van der Waals surface area contributed by atoms with Gasteiger partial charge < -0.3 is 9.47 Å². The maximum absolute atomic E-state index is 12.4. The van der Waals surface area contributed by atoms with Gasteiger partial charge in [-0.1, -0.05) is 0 Å². The molecule has 1 aromatic rings. The summed E-state index contributed by atoms with van der Waals surface area (Å²) in [5, 5.41) is 0. The topological polar surface area (TPSA) is 72.9 Å². The molecule has 0 spiro atoms. The molecule has 21 heavy (non-hydrogen) atoms. The van der Waals surface area contributed by atoms with Crippen molar-refractivity contribution < 1.29 is 22.7 Å². The lowest BCUT2D eigenvalue weighted by Gasteiger charge is -2.21. The van der Waals surface area contributed by atoms with E-state index in [1.165, 1.54) is 18.5 Å². The Bertz CT molecular complexity index is 641. The third-order valence-electron chi connectivity index (χ3n) is 3.54. The van der Waals surface area contributed by atoms with Crippen LogP contribution in [0.5, 0.6) is 0 Å². The molecule has 1 heterocycles. The second-order valence-corrected chi connectivity index (χ2v) is 6.92. The zero-order valence-electron chi connectivity index (χ0n) is 12.3. The highest BCUT2D eigenvalue weighted by atomic mass is 32.2. The Kier molecular flexibility index (Phi) is 4.53. The minimum absolute atomic E-state index is 0.0678. The number of carbonyl (C=O) groups excluding carboxylic acids is 1. The van der Waals surface area contributed by atoms with Gasteiger partial charge in [-0.2, -0.15) is 0 Å². The van der Waals surface area contributed by atoms with Gasteiger partial charge in [-0.15, -0.1) is 0 Å². The fourth-order valence-electron chi connectivity index (χ4n) is 2.36. The van der Waals surface area contributed by atoms with Gasteiger partial charge in [0.05, 0.1) is 30.2 Å². The average Bonchev–Trinajstić information content (AvgIpc) is 2.89. The Balaban J connectivity index is 2.28. The Morgan fingerprint density at radius 3 is 2.71 bits per heavy atom. The van der Waals surface area contributed by atoms with Crippen molar-refractivity contribution >= 4 is 21.7 Å². The molecule has 0 saturated heterocycles. The number of esters is 1. The maximum atomic E-state index is 12.4. The molecule has 0 unspecified atom stereocenters. The molecule has 1 aliphatic rings. The summed E-state index contributed by atoms with van der Waals surface area (Å²) in [5.41, 5.74) is 1.90. The van der Waals surface area contributed by atoms with Crippen LogP contribution in [-0.4, -0.2) is 47.0 Å². The fourth-order valence-corrected chi connectivity index (χ4v) is 4.12. The highest BCUT2D eigenvalue weighted by molar-refractivity contribution is 7.92. The summed E-state index contributed by atoms with van der Waals surface area (Å²) in [5.74, 6) is -0.492. The summed E-state index contributed by atoms with van der Waals surface area (Å²) in [7, 11) is -0.626. The molecule has 0 bridgehead atoms. The van der Waals surface area contributed by atoms with Crippen molar-refractivity contribution in [2.75, 3.05) is 30.8 Å². The molecule has 116 valence electrons. The van der Waals surface area contributed by atoms with Crippen LogP contribution in [0.25, 0.3) is 0 Å². The Morgan fingerprint density at radius 2 is 2.10 bits per heavy atom. The molecule has 1 aromatic carbocycles. The van der Waals surface area contributed by atoms with Gasteiger partial charge in [0.1, 0.15) is 0 Å². The number of methoxy groups -OCH3 is 2. The molecule has 0 radical (unpaired) electrons. The lowest BCUT2D eigenvalue weighted by molar-refractivity contribution is 0.0600. The molecule has 0 saturated carbocycles. The van der Waals surface area contributed by atoms with Crippen molar-refractivity contribution in [3.63, 3.8) is 0 Å². The first-order chi connectivity index (χ1) is 9.89. The molecule has 0 aliphatic carbocycles. The van der Waals surface area contributed by atoms with Gasteiger partial charge in [0.15, 0.2) is 0 Å². The fraction of sp³-hybridized carbons (Fsp3) is 0.500. The second kappa shape index (κ2) is 6.03. The average molecular weight is 313 g/mol. The normalized spacial score (nSPS) is 15.7. The standard InChI is InChI=1S/C14H19NO5S/c1-10(19-2)9-21(17,18)15-7-6-11-8-12(14(16)20-3)4-5-13(11)15/h4-5,8,10H,6-7,9H2,1-3H3/t10-/m0/s1. The molecule has 7 heteroatoms. The molecule has 0 N–H and O–H groups in total. The van der Waals surface area contributed by atoms with Crippen LogP contribution in [0.2, 0.25) is 0 Å². The first kappa shape index (κ1) is 15.8. The highest BCUT2D eigenvalue weighted by Gasteiger charge is 2.31. The third kappa shape index (κ3) is 3.19. The van der Waals surface area contributed by atoms with E-state index in [1.54, 1.807) is 25.1 Å². The molecular weight excluding hydrogens is 294 g/mol. The van der Waals surface area contributed by atoms with Crippen LogP contribution in [0.15, 0.2) is 18.2 Å². The highest BCUT2D eigenvalue weighted by Crippen LogP contribution is 2.31. The predicted octanol–water partition coefficient (Wildman–Crippen LogP) is 1.20. The molecule has 0 aromatic heterocycles. The van der Waals surface area contributed by atoms with Gasteiger partial charge in [0.2, 0.25) is 10.0 Å². The SMILES string of the molecule is COC(=O)c1ccc2c(c1)CCN2S(=O)(=O)C[C@H](C)OC. The summed E-state index contributed by atoms with van der Waals surface area (Å²) in [6.45, 7) is 2.10. The predicted molar refractivity (Wildman–Crippen MR) is 79.1 cm³/mol. The molecule has 2 rings (SSSR count). The molecule has 6 nitrogen and oxygen atoms in total. The lowest BCUT2D eigenvalue weighted by Crippen LogP contribution is -2.35. The number of carbonyl (C=O) groups is 1. The van der Waals surface area contributed by atoms with E-state index in [0.717, 1.165) is 5.56 Å². The first-order valence-electron chi connectivity index (χ1n) is 6.63.